The molecule has 1 atom stereocenters. The summed E-state index contributed by atoms with van der Waals surface area (Å²) in [6, 6.07) is -0.0903. The highest BCUT2D eigenvalue weighted by molar-refractivity contribution is 7.88. The molecule has 0 amide bonds. The second kappa shape index (κ2) is 3.75. The molecular formula is C8H15NO3S. The molecular weight excluding hydrogens is 190 g/mol. The average Bonchev–Trinajstić information content (AvgIpc) is 2.31. The van der Waals surface area contributed by atoms with Crippen molar-refractivity contribution in [2.75, 3.05) is 12.8 Å². The number of carbonyl (C=O) groups excluding carboxylic acids is 1. The quantitative estimate of drug-likeness (QED) is 0.669. The first-order valence-corrected chi connectivity index (χ1v) is 6.22. The Balaban J connectivity index is 2.70. The summed E-state index contributed by atoms with van der Waals surface area (Å²) in [6.45, 7) is 2.07. The number of hydrogen-bond donors (Lipinski definition) is 0. The third-order valence-electron chi connectivity index (χ3n) is 2.27. The van der Waals surface area contributed by atoms with E-state index < -0.39 is 10.0 Å². The molecule has 4 nitrogen and oxygen atoms in total. The van der Waals surface area contributed by atoms with Crippen LogP contribution in [0.4, 0.5) is 0 Å². The number of hydrogen-bond acceptors (Lipinski definition) is 3. The standard InChI is InChI=1S/C8H15NO3S/c1-7(10)6-8-4-3-5-9(8)13(2,11)12/h8H,3-6H2,1-2H3. The van der Waals surface area contributed by atoms with Gasteiger partial charge in [0.2, 0.25) is 10.0 Å². The van der Waals surface area contributed by atoms with Gasteiger partial charge in [0.05, 0.1) is 6.26 Å². The van der Waals surface area contributed by atoms with Crippen LogP contribution < -0.4 is 0 Å². The van der Waals surface area contributed by atoms with E-state index >= 15 is 0 Å². The van der Waals surface area contributed by atoms with Crippen molar-refractivity contribution in [3.8, 4) is 0 Å². The summed E-state index contributed by atoms with van der Waals surface area (Å²) in [4.78, 5) is 10.9. The first kappa shape index (κ1) is 10.7. The van der Waals surface area contributed by atoms with E-state index in [1.165, 1.54) is 17.5 Å². The van der Waals surface area contributed by atoms with E-state index in [9.17, 15) is 13.2 Å². The van der Waals surface area contributed by atoms with E-state index in [0.717, 1.165) is 12.8 Å². The summed E-state index contributed by atoms with van der Waals surface area (Å²) in [5, 5.41) is 0. The minimum absolute atomic E-state index is 0.0561. The third kappa shape index (κ3) is 2.77. The first-order chi connectivity index (χ1) is 5.91. The van der Waals surface area contributed by atoms with E-state index in [1.807, 2.05) is 0 Å². The highest BCUT2D eigenvalue weighted by Gasteiger charge is 2.31. The SMILES string of the molecule is CC(=O)CC1CCCN1S(C)(=O)=O. The summed E-state index contributed by atoms with van der Waals surface area (Å²) < 4.78 is 23.9. The number of sulfonamides is 1. The van der Waals surface area contributed by atoms with Crippen LogP contribution in [-0.4, -0.2) is 37.3 Å². The van der Waals surface area contributed by atoms with Gasteiger partial charge in [0.15, 0.2) is 0 Å². The summed E-state index contributed by atoms with van der Waals surface area (Å²) in [5.74, 6) is 0.0561. The largest absolute Gasteiger partial charge is 0.300 e. The van der Waals surface area contributed by atoms with Gasteiger partial charge in [-0.15, -0.1) is 0 Å². The molecule has 1 unspecified atom stereocenters. The van der Waals surface area contributed by atoms with Crippen LogP contribution in [0, 0.1) is 0 Å². The first-order valence-electron chi connectivity index (χ1n) is 4.37. The van der Waals surface area contributed by atoms with Crippen molar-refractivity contribution in [1.29, 1.82) is 0 Å². The van der Waals surface area contributed by atoms with Crippen molar-refractivity contribution in [3.05, 3.63) is 0 Å². The van der Waals surface area contributed by atoms with Crippen molar-refractivity contribution in [1.82, 2.24) is 4.31 Å². The van der Waals surface area contributed by atoms with Crippen molar-refractivity contribution >= 4 is 15.8 Å². The second-order valence-electron chi connectivity index (χ2n) is 3.58. The predicted molar refractivity (Wildman–Crippen MR) is 49.9 cm³/mol. The van der Waals surface area contributed by atoms with Crippen LogP contribution in [0.2, 0.25) is 0 Å². The molecule has 1 heterocycles. The smallest absolute Gasteiger partial charge is 0.211 e. The lowest BCUT2D eigenvalue weighted by Crippen LogP contribution is -2.35. The Morgan fingerprint density at radius 2 is 2.15 bits per heavy atom. The molecule has 0 N–H and O–H groups in total. The minimum atomic E-state index is -3.12. The number of Topliss-reactive ketones (excluding diaryl/α,β-unsaturated/α-hetero) is 1. The molecule has 1 saturated heterocycles. The van der Waals surface area contributed by atoms with Gasteiger partial charge in [-0.25, -0.2) is 8.42 Å². The van der Waals surface area contributed by atoms with Crippen molar-refractivity contribution in [3.63, 3.8) is 0 Å². The molecule has 5 heteroatoms. The molecule has 1 aliphatic heterocycles. The monoisotopic (exact) mass is 205 g/mol. The van der Waals surface area contributed by atoms with E-state index in [2.05, 4.69) is 0 Å². The molecule has 0 aromatic rings. The molecule has 13 heavy (non-hydrogen) atoms. The maximum atomic E-state index is 11.2. The molecule has 1 rings (SSSR count). The van der Waals surface area contributed by atoms with Crippen LogP contribution in [0.1, 0.15) is 26.2 Å². The van der Waals surface area contributed by atoms with Crippen molar-refractivity contribution < 1.29 is 13.2 Å². The molecule has 0 bridgehead atoms. The van der Waals surface area contributed by atoms with Crippen LogP contribution >= 0.6 is 0 Å². The van der Waals surface area contributed by atoms with Gasteiger partial charge in [0.1, 0.15) is 5.78 Å². The lowest BCUT2D eigenvalue weighted by atomic mass is 10.1. The van der Waals surface area contributed by atoms with Crippen LogP contribution in [-0.2, 0) is 14.8 Å². The number of ketones is 1. The number of nitrogens with zero attached hydrogens (tertiary/aromatic N) is 1. The van der Waals surface area contributed by atoms with Gasteiger partial charge in [-0.3, -0.25) is 4.79 Å². The molecule has 0 radical (unpaired) electrons. The van der Waals surface area contributed by atoms with Crippen LogP contribution in [0.5, 0.6) is 0 Å². The molecule has 76 valence electrons. The highest BCUT2D eigenvalue weighted by atomic mass is 32.2. The Labute approximate surface area is 79.0 Å². The molecule has 1 aliphatic rings. The summed E-state index contributed by atoms with van der Waals surface area (Å²) in [5.41, 5.74) is 0. The van der Waals surface area contributed by atoms with Gasteiger partial charge < -0.3 is 0 Å². The average molecular weight is 205 g/mol. The van der Waals surface area contributed by atoms with Gasteiger partial charge in [0.25, 0.3) is 0 Å². The zero-order valence-electron chi connectivity index (χ0n) is 7.99. The Hall–Kier alpha value is -0.420. The fraction of sp³-hybridized carbons (Fsp3) is 0.875. The van der Waals surface area contributed by atoms with Crippen molar-refractivity contribution in [2.45, 2.75) is 32.2 Å². The van der Waals surface area contributed by atoms with E-state index in [0.29, 0.717) is 13.0 Å². The zero-order chi connectivity index (χ0) is 10.1. The number of carbonyl (C=O) groups is 1. The van der Waals surface area contributed by atoms with Crippen LogP contribution in [0.15, 0.2) is 0 Å². The molecule has 0 spiro atoms. The molecule has 1 fully saturated rings. The van der Waals surface area contributed by atoms with Gasteiger partial charge >= 0.3 is 0 Å². The van der Waals surface area contributed by atoms with E-state index in [1.54, 1.807) is 0 Å². The van der Waals surface area contributed by atoms with E-state index in [4.69, 9.17) is 0 Å². The maximum absolute atomic E-state index is 11.2. The van der Waals surface area contributed by atoms with Crippen LogP contribution in [0.25, 0.3) is 0 Å². The summed E-state index contributed by atoms with van der Waals surface area (Å²) >= 11 is 0. The van der Waals surface area contributed by atoms with Crippen LogP contribution in [0.3, 0.4) is 0 Å². The van der Waals surface area contributed by atoms with E-state index in [-0.39, 0.29) is 11.8 Å². The lowest BCUT2D eigenvalue weighted by molar-refractivity contribution is -0.117. The summed E-state index contributed by atoms with van der Waals surface area (Å²) in [6.07, 6.45) is 3.23. The van der Waals surface area contributed by atoms with Gasteiger partial charge in [-0.2, -0.15) is 4.31 Å². The Morgan fingerprint density at radius 3 is 2.62 bits per heavy atom. The maximum Gasteiger partial charge on any atom is 0.211 e. The fourth-order valence-corrected chi connectivity index (χ4v) is 2.96. The highest BCUT2D eigenvalue weighted by Crippen LogP contribution is 2.22. The Morgan fingerprint density at radius 1 is 1.54 bits per heavy atom. The van der Waals surface area contributed by atoms with Crippen molar-refractivity contribution in [2.24, 2.45) is 0 Å². The topological polar surface area (TPSA) is 54.5 Å². The van der Waals surface area contributed by atoms with Gasteiger partial charge in [-0.1, -0.05) is 0 Å². The second-order valence-corrected chi connectivity index (χ2v) is 5.51. The molecule has 0 saturated carbocycles. The number of rotatable bonds is 3. The molecule has 0 aromatic heterocycles. The molecule has 0 aromatic carbocycles. The minimum Gasteiger partial charge on any atom is -0.300 e. The Kier molecular flexibility index (Phi) is 3.08. The lowest BCUT2D eigenvalue weighted by Gasteiger charge is -2.20. The predicted octanol–water partition coefficient (Wildman–Crippen LogP) is 0.390. The summed E-state index contributed by atoms with van der Waals surface area (Å²) in [7, 11) is -3.12. The normalized spacial score (nSPS) is 24.9. The zero-order valence-corrected chi connectivity index (χ0v) is 8.80. The van der Waals surface area contributed by atoms with Gasteiger partial charge in [-0.05, 0) is 19.8 Å². The fourth-order valence-electron chi connectivity index (χ4n) is 1.78. The van der Waals surface area contributed by atoms with Gasteiger partial charge in [0, 0.05) is 19.0 Å². The molecule has 0 aliphatic carbocycles. The third-order valence-corrected chi connectivity index (χ3v) is 3.60. The Bertz CT molecular complexity index is 297.